The number of benzene rings is 1. The zero-order chi connectivity index (χ0) is 16.2. The Morgan fingerprint density at radius 3 is 2.77 bits per heavy atom. The van der Waals surface area contributed by atoms with E-state index < -0.39 is 11.9 Å². The summed E-state index contributed by atoms with van der Waals surface area (Å²) in [4.78, 5) is 6.90. The molecule has 0 saturated carbocycles. The molecule has 6 nitrogen and oxygen atoms in total. The second-order valence-electron chi connectivity index (χ2n) is 4.03. The molecular formula is C13H11F3N4O2. The Morgan fingerprint density at radius 2 is 2.09 bits per heavy atom. The molecule has 0 spiro atoms. The molecule has 22 heavy (non-hydrogen) atoms. The number of aromatic hydroxyl groups is 1. The van der Waals surface area contributed by atoms with Crippen LogP contribution in [0.5, 0.6) is 11.5 Å². The summed E-state index contributed by atoms with van der Waals surface area (Å²) in [6, 6.07) is 5.48. The number of hydrogen-bond donors (Lipinski definition) is 2. The summed E-state index contributed by atoms with van der Waals surface area (Å²) in [7, 11) is 1.39. The number of anilines is 1. The van der Waals surface area contributed by atoms with Gasteiger partial charge in [0.15, 0.2) is 11.5 Å². The number of halogens is 3. The Morgan fingerprint density at radius 1 is 1.32 bits per heavy atom. The van der Waals surface area contributed by atoms with Crippen LogP contribution in [0, 0.1) is 0 Å². The summed E-state index contributed by atoms with van der Waals surface area (Å²) >= 11 is 0. The number of ether oxygens (including phenoxy) is 1. The van der Waals surface area contributed by atoms with Crippen LogP contribution in [0.1, 0.15) is 11.3 Å². The third-order valence-electron chi connectivity index (χ3n) is 2.56. The SMILES string of the molecule is COc1cccc(C=NNc2nccc(C(F)(F)F)n2)c1O. The molecular weight excluding hydrogens is 301 g/mol. The topological polar surface area (TPSA) is 79.6 Å². The minimum Gasteiger partial charge on any atom is -0.504 e. The molecule has 9 heteroatoms. The molecule has 0 aliphatic heterocycles. The molecule has 0 radical (unpaired) electrons. The van der Waals surface area contributed by atoms with E-state index in [4.69, 9.17) is 4.74 Å². The number of alkyl halides is 3. The van der Waals surface area contributed by atoms with Gasteiger partial charge in [0, 0.05) is 11.8 Å². The minimum atomic E-state index is -4.56. The van der Waals surface area contributed by atoms with Gasteiger partial charge in [0.05, 0.1) is 13.3 Å². The van der Waals surface area contributed by atoms with Gasteiger partial charge in [-0.1, -0.05) is 6.07 Å². The van der Waals surface area contributed by atoms with E-state index in [0.717, 1.165) is 12.3 Å². The fraction of sp³-hybridized carbons (Fsp3) is 0.154. The molecule has 1 aromatic carbocycles. The molecule has 0 aliphatic carbocycles. The monoisotopic (exact) mass is 312 g/mol. The van der Waals surface area contributed by atoms with Crippen molar-refractivity contribution in [2.24, 2.45) is 5.10 Å². The highest BCUT2D eigenvalue weighted by Gasteiger charge is 2.32. The fourth-order valence-corrected chi connectivity index (χ4v) is 1.54. The molecule has 116 valence electrons. The van der Waals surface area contributed by atoms with E-state index in [9.17, 15) is 18.3 Å². The van der Waals surface area contributed by atoms with E-state index in [0.29, 0.717) is 5.56 Å². The molecule has 0 atom stereocenters. The standard InChI is InChI=1S/C13H11F3N4O2/c1-22-9-4-2-3-8(11(9)21)7-18-20-12-17-6-5-10(19-12)13(14,15)16/h2-7,21H,1H3,(H,17,19,20). The van der Waals surface area contributed by atoms with E-state index in [-0.39, 0.29) is 17.4 Å². The number of hydrogen-bond acceptors (Lipinski definition) is 6. The van der Waals surface area contributed by atoms with E-state index in [2.05, 4.69) is 20.5 Å². The normalized spacial score (nSPS) is 11.6. The maximum Gasteiger partial charge on any atom is 0.433 e. The van der Waals surface area contributed by atoms with Crippen LogP contribution in [0.15, 0.2) is 35.6 Å². The average molecular weight is 312 g/mol. The van der Waals surface area contributed by atoms with Crippen LogP contribution in [-0.2, 0) is 6.18 Å². The Kier molecular flexibility index (Phi) is 4.44. The van der Waals surface area contributed by atoms with Crippen LogP contribution in [-0.4, -0.2) is 28.4 Å². The van der Waals surface area contributed by atoms with Crippen molar-refractivity contribution in [3.8, 4) is 11.5 Å². The minimum absolute atomic E-state index is 0.138. The van der Waals surface area contributed by atoms with Gasteiger partial charge in [-0.3, -0.25) is 0 Å². The summed E-state index contributed by atoms with van der Waals surface area (Å²) in [6.45, 7) is 0. The van der Waals surface area contributed by atoms with Gasteiger partial charge in [-0.2, -0.15) is 18.3 Å². The third kappa shape index (κ3) is 3.62. The fourth-order valence-electron chi connectivity index (χ4n) is 1.54. The lowest BCUT2D eigenvalue weighted by atomic mass is 10.2. The Bertz CT molecular complexity index is 689. The van der Waals surface area contributed by atoms with Crippen molar-refractivity contribution >= 4 is 12.2 Å². The summed E-state index contributed by atoms with van der Waals surface area (Å²) < 4.78 is 42.4. The quantitative estimate of drug-likeness (QED) is 0.670. The first kappa shape index (κ1) is 15.5. The van der Waals surface area contributed by atoms with E-state index in [1.165, 1.54) is 13.3 Å². The molecule has 0 saturated heterocycles. The molecule has 0 fully saturated rings. The lowest BCUT2D eigenvalue weighted by Crippen LogP contribution is -2.09. The number of nitrogens with zero attached hydrogens (tertiary/aromatic N) is 3. The number of phenols is 1. The van der Waals surface area contributed by atoms with Crippen LogP contribution in [0.4, 0.5) is 19.1 Å². The van der Waals surface area contributed by atoms with E-state index >= 15 is 0 Å². The first-order valence-corrected chi connectivity index (χ1v) is 5.97. The van der Waals surface area contributed by atoms with Gasteiger partial charge in [0.2, 0.25) is 5.95 Å². The largest absolute Gasteiger partial charge is 0.504 e. The highest BCUT2D eigenvalue weighted by atomic mass is 19.4. The van der Waals surface area contributed by atoms with Gasteiger partial charge >= 0.3 is 6.18 Å². The zero-order valence-corrected chi connectivity index (χ0v) is 11.3. The first-order valence-electron chi connectivity index (χ1n) is 5.97. The number of rotatable bonds is 4. The van der Waals surface area contributed by atoms with Gasteiger partial charge in [0.25, 0.3) is 0 Å². The van der Waals surface area contributed by atoms with Gasteiger partial charge in [-0.25, -0.2) is 15.4 Å². The maximum absolute atomic E-state index is 12.5. The Balaban J connectivity index is 2.13. The van der Waals surface area contributed by atoms with Gasteiger partial charge in [0.1, 0.15) is 5.69 Å². The van der Waals surface area contributed by atoms with Crippen molar-refractivity contribution < 1.29 is 23.0 Å². The molecule has 1 aromatic heterocycles. The van der Waals surface area contributed by atoms with Crippen LogP contribution in [0.2, 0.25) is 0 Å². The van der Waals surface area contributed by atoms with Crippen molar-refractivity contribution in [3.05, 3.63) is 41.7 Å². The van der Waals surface area contributed by atoms with Crippen LogP contribution in [0.3, 0.4) is 0 Å². The van der Waals surface area contributed by atoms with Gasteiger partial charge < -0.3 is 9.84 Å². The molecule has 0 aliphatic rings. The lowest BCUT2D eigenvalue weighted by Gasteiger charge is -2.06. The molecule has 0 amide bonds. The number of phenolic OH excluding ortho intramolecular Hbond substituents is 1. The number of methoxy groups -OCH3 is 1. The number of hydrazone groups is 1. The van der Waals surface area contributed by atoms with Crippen LogP contribution in [0.25, 0.3) is 0 Å². The molecule has 2 rings (SSSR count). The van der Waals surface area contributed by atoms with Gasteiger partial charge in [-0.05, 0) is 18.2 Å². The van der Waals surface area contributed by atoms with Crippen molar-refractivity contribution in [1.29, 1.82) is 0 Å². The first-order chi connectivity index (χ1) is 10.4. The van der Waals surface area contributed by atoms with E-state index in [1.54, 1.807) is 18.2 Å². The van der Waals surface area contributed by atoms with Crippen molar-refractivity contribution in [2.75, 3.05) is 12.5 Å². The zero-order valence-electron chi connectivity index (χ0n) is 11.3. The summed E-state index contributed by atoms with van der Waals surface area (Å²) in [5.74, 6) is -0.201. The van der Waals surface area contributed by atoms with Crippen molar-refractivity contribution in [2.45, 2.75) is 6.18 Å². The summed E-state index contributed by atoms with van der Waals surface area (Å²) in [5, 5.41) is 13.5. The molecule has 2 aromatic rings. The predicted octanol–water partition coefficient (Wildman–Crippen LogP) is 2.66. The number of nitrogens with one attached hydrogen (secondary N) is 1. The number of aromatic nitrogens is 2. The van der Waals surface area contributed by atoms with Gasteiger partial charge in [-0.15, -0.1) is 0 Å². The summed E-state index contributed by atoms with van der Waals surface area (Å²) in [6.07, 6.45) is -2.38. The van der Waals surface area contributed by atoms with Crippen LogP contribution < -0.4 is 10.2 Å². The predicted molar refractivity (Wildman–Crippen MR) is 72.9 cm³/mol. The Hall–Kier alpha value is -2.84. The molecule has 1 heterocycles. The second-order valence-corrected chi connectivity index (χ2v) is 4.03. The maximum atomic E-state index is 12.5. The van der Waals surface area contributed by atoms with E-state index in [1.807, 2.05) is 0 Å². The number of para-hydroxylation sites is 1. The second kappa shape index (κ2) is 6.29. The highest BCUT2D eigenvalue weighted by Crippen LogP contribution is 2.28. The third-order valence-corrected chi connectivity index (χ3v) is 2.56. The summed E-state index contributed by atoms with van der Waals surface area (Å²) in [5.41, 5.74) is 1.50. The average Bonchev–Trinajstić information content (AvgIpc) is 2.48. The smallest absolute Gasteiger partial charge is 0.433 e. The molecule has 2 N–H and O–H groups in total. The van der Waals surface area contributed by atoms with Crippen molar-refractivity contribution in [3.63, 3.8) is 0 Å². The van der Waals surface area contributed by atoms with Crippen LogP contribution >= 0.6 is 0 Å². The Labute approximate surface area is 123 Å². The molecule has 0 unspecified atom stereocenters. The van der Waals surface area contributed by atoms with Crippen molar-refractivity contribution in [1.82, 2.24) is 9.97 Å². The molecule has 0 bridgehead atoms. The highest BCUT2D eigenvalue weighted by molar-refractivity contribution is 5.85. The lowest BCUT2D eigenvalue weighted by molar-refractivity contribution is -0.141.